The van der Waals surface area contributed by atoms with Gasteiger partial charge in [-0.3, -0.25) is 14.8 Å². The first kappa shape index (κ1) is 13.9. The number of hydrogen-bond donors (Lipinski definition) is 0. The van der Waals surface area contributed by atoms with Gasteiger partial charge in [-0.1, -0.05) is 28.1 Å². The highest BCUT2D eigenvalue weighted by Crippen LogP contribution is 2.22. The van der Waals surface area contributed by atoms with Crippen LogP contribution in [0.1, 0.15) is 21.7 Å². The number of halogens is 1. The number of carbonyl (C=O) groups excluding carboxylic acids is 1. The van der Waals surface area contributed by atoms with Crippen LogP contribution in [0.4, 0.5) is 0 Å². The van der Waals surface area contributed by atoms with E-state index in [4.69, 9.17) is 0 Å². The zero-order chi connectivity index (χ0) is 14.8. The Morgan fingerprint density at radius 2 is 2.05 bits per heavy atom. The van der Waals surface area contributed by atoms with Gasteiger partial charge in [0.25, 0.3) is 0 Å². The minimum Gasteiger partial charge on any atom is -0.292 e. The molecule has 0 atom stereocenters. The van der Waals surface area contributed by atoms with E-state index in [-0.39, 0.29) is 5.78 Å². The van der Waals surface area contributed by atoms with Crippen LogP contribution < -0.4 is 0 Å². The molecule has 0 radical (unpaired) electrons. The number of nitrogens with zero attached hydrogens (tertiary/aromatic N) is 2. The molecule has 104 valence electrons. The van der Waals surface area contributed by atoms with Gasteiger partial charge in [0.15, 0.2) is 5.78 Å². The summed E-state index contributed by atoms with van der Waals surface area (Å²) in [6.07, 6.45) is 2.07. The first-order valence-corrected chi connectivity index (χ1v) is 7.43. The molecule has 21 heavy (non-hydrogen) atoms. The first-order valence-electron chi connectivity index (χ1n) is 6.63. The number of aromatic nitrogens is 2. The summed E-state index contributed by atoms with van der Waals surface area (Å²) in [5.41, 5.74) is 3.22. The minimum atomic E-state index is 0.0223. The van der Waals surface area contributed by atoms with Crippen LogP contribution in [-0.2, 0) is 6.42 Å². The van der Waals surface area contributed by atoms with Crippen molar-refractivity contribution in [1.29, 1.82) is 0 Å². The molecule has 2 aromatic heterocycles. The smallest absolute Gasteiger partial charge is 0.185 e. The molecule has 0 aliphatic carbocycles. The Morgan fingerprint density at radius 1 is 1.19 bits per heavy atom. The molecular weight excluding hydrogens is 328 g/mol. The van der Waals surface area contributed by atoms with E-state index in [0.717, 1.165) is 26.6 Å². The molecule has 4 heteroatoms. The quantitative estimate of drug-likeness (QED) is 0.673. The average molecular weight is 341 g/mol. The Labute approximate surface area is 131 Å². The summed E-state index contributed by atoms with van der Waals surface area (Å²) in [7, 11) is 0. The highest BCUT2D eigenvalue weighted by molar-refractivity contribution is 9.10. The third kappa shape index (κ3) is 3.00. The third-order valence-electron chi connectivity index (χ3n) is 3.32. The molecule has 3 aromatic rings. The normalized spacial score (nSPS) is 10.8. The molecule has 0 fully saturated rings. The van der Waals surface area contributed by atoms with E-state index in [1.807, 2.05) is 43.3 Å². The topological polar surface area (TPSA) is 42.9 Å². The number of Topliss-reactive ketones (excluding diaryl/α,β-unsaturated/α-hetero) is 1. The number of pyridine rings is 2. The van der Waals surface area contributed by atoms with Gasteiger partial charge in [-0.05, 0) is 42.8 Å². The maximum atomic E-state index is 12.4. The monoisotopic (exact) mass is 340 g/mol. The molecule has 1 aromatic carbocycles. The zero-order valence-electron chi connectivity index (χ0n) is 11.5. The maximum absolute atomic E-state index is 12.4. The van der Waals surface area contributed by atoms with Gasteiger partial charge in [0.1, 0.15) is 5.69 Å². The number of rotatable bonds is 3. The Bertz CT molecular complexity index is 830. The molecule has 0 aliphatic heterocycles. The Kier molecular flexibility index (Phi) is 3.80. The molecular formula is C17H13BrN2O. The van der Waals surface area contributed by atoms with Crippen molar-refractivity contribution in [1.82, 2.24) is 9.97 Å². The van der Waals surface area contributed by atoms with Crippen LogP contribution in [-0.4, -0.2) is 15.8 Å². The predicted molar refractivity (Wildman–Crippen MR) is 86.5 cm³/mol. The zero-order valence-corrected chi connectivity index (χ0v) is 13.1. The lowest BCUT2D eigenvalue weighted by atomic mass is 10.0. The van der Waals surface area contributed by atoms with Gasteiger partial charge >= 0.3 is 0 Å². The summed E-state index contributed by atoms with van der Waals surface area (Å²) in [4.78, 5) is 21.0. The lowest BCUT2D eigenvalue weighted by Gasteiger charge is -2.06. The van der Waals surface area contributed by atoms with Crippen LogP contribution in [0.3, 0.4) is 0 Å². The number of aryl methyl sites for hydroxylation is 1. The van der Waals surface area contributed by atoms with Crippen molar-refractivity contribution in [2.75, 3.05) is 0 Å². The number of hydrogen-bond acceptors (Lipinski definition) is 3. The molecule has 3 rings (SSSR count). The summed E-state index contributed by atoms with van der Waals surface area (Å²) in [5.74, 6) is 0.0223. The molecule has 0 bridgehead atoms. The molecule has 0 spiro atoms. The summed E-state index contributed by atoms with van der Waals surface area (Å²) in [5, 5.41) is 1.00. The summed E-state index contributed by atoms with van der Waals surface area (Å²) >= 11 is 3.44. The molecule has 3 nitrogen and oxygen atoms in total. The van der Waals surface area contributed by atoms with E-state index in [2.05, 4.69) is 25.9 Å². The van der Waals surface area contributed by atoms with Gasteiger partial charge in [-0.25, -0.2) is 0 Å². The largest absolute Gasteiger partial charge is 0.292 e. The fourth-order valence-corrected chi connectivity index (χ4v) is 2.65. The number of fused-ring (bicyclic) bond motifs is 1. The number of carbonyl (C=O) groups is 1. The van der Waals surface area contributed by atoms with E-state index < -0.39 is 0 Å². The second kappa shape index (κ2) is 5.74. The van der Waals surface area contributed by atoms with E-state index in [9.17, 15) is 4.79 Å². The second-order valence-corrected chi connectivity index (χ2v) is 5.81. The standard InChI is InChI=1S/C17H13BrN2O/c1-11-3-2-4-15(20-11)17(21)9-12-7-8-19-16-10-13(18)5-6-14(12)16/h2-8,10H,9H2,1H3. The van der Waals surface area contributed by atoms with Crippen LogP contribution in [0.2, 0.25) is 0 Å². The molecule has 2 heterocycles. The molecule has 0 saturated carbocycles. The highest BCUT2D eigenvalue weighted by atomic mass is 79.9. The van der Waals surface area contributed by atoms with Crippen molar-refractivity contribution in [3.8, 4) is 0 Å². The SMILES string of the molecule is Cc1cccc(C(=O)Cc2ccnc3cc(Br)ccc23)n1. The van der Waals surface area contributed by atoms with Crippen LogP contribution in [0.5, 0.6) is 0 Å². The molecule has 0 saturated heterocycles. The van der Waals surface area contributed by atoms with E-state index in [1.165, 1.54) is 0 Å². The molecule has 0 aliphatic rings. The van der Waals surface area contributed by atoms with Gasteiger partial charge in [0.05, 0.1) is 5.52 Å². The lowest BCUT2D eigenvalue weighted by Crippen LogP contribution is -2.07. The molecule has 0 amide bonds. The Morgan fingerprint density at radius 3 is 2.86 bits per heavy atom. The van der Waals surface area contributed by atoms with Crippen LogP contribution in [0, 0.1) is 6.92 Å². The Hall–Kier alpha value is -2.07. The molecule has 0 N–H and O–H groups in total. The average Bonchev–Trinajstić information content (AvgIpc) is 2.47. The van der Waals surface area contributed by atoms with Crippen LogP contribution in [0.15, 0.2) is 53.1 Å². The van der Waals surface area contributed by atoms with Gasteiger partial charge in [-0.15, -0.1) is 0 Å². The van der Waals surface area contributed by atoms with Crippen molar-refractivity contribution in [2.45, 2.75) is 13.3 Å². The maximum Gasteiger partial charge on any atom is 0.185 e. The third-order valence-corrected chi connectivity index (χ3v) is 3.81. The van der Waals surface area contributed by atoms with Crippen molar-refractivity contribution in [2.24, 2.45) is 0 Å². The van der Waals surface area contributed by atoms with Crippen molar-refractivity contribution < 1.29 is 4.79 Å². The minimum absolute atomic E-state index is 0.0223. The van der Waals surface area contributed by atoms with Gasteiger partial charge in [0, 0.05) is 28.2 Å². The fourth-order valence-electron chi connectivity index (χ4n) is 2.30. The van der Waals surface area contributed by atoms with E-state index in [0.29, 0.717) is 12.1 Å². The molecule has 0 unspecified atom stereocenters. The first-order chi connectivity index (χ1) is 10.1. The van der Waals surface area contributed by atoms with Crippen molar-refractivity contribution >= 4 is 32.6 Å². The van der Waals surface area contributed by atoms with Gasteiger partial charge in [-0.2, -0.15) is 0 Å². The van der Waals surface area contributed by atoms with Gasteiger partial charge < -0.3 is 0 Å². The second-order valence-electron chi connectivity index (χ2n) is 4.90. The fraction of sp³-hybridized carbons (Fsp3) is 0.118. The summed E-state index contributed by atoms with van der Waals surface area (Å²) < 4.78 is 0.978. The lowest BCUT2D eigenvalue weighted by molar-refractivity contribution is 0.0988. The Balaban J connectivity index is 1.96. The summed E-state index contributed by atoms with van der Waals surface area (Å²) in [6, 6.07) is 13.3. The highest BCUT2D eigenvalue weighted by Gasteiger charge is 2.11. The summed E-state index contributed by atoms with van der Waals surface area (Å²) in [6.45, 7) is 1.89. The van der Waals surface area contributed by atoms with Gasteiger partial charge in [0.2, 0.25) is 0 Å². The number of benzene rings is 1. The van der Waals surface area contributed by atoms with Crippen molar-refractivity contribution in [3.63, 3.8) is 0 Å². The van der Waals surface area contributed by atoms with Crippen LogP contribution >= 0.6 is 15.9 Å². The van der Waals surface area contributed by atoms with E-state index >= 15 is 0 Å². The number of ketones is 1. The van der Waals surface area contributed by atoms with Crippen LogP contribution in [0.25, 0.3) is 10.9 Å². The van der Waals surface area contributed by atoms with Crippen molar-refractivity contribution in [3.05, 3.63) is 70.1 Å². The van der Waals surface area contributed by atoms with E-state index in [1.54, 1.807) is 12.3 Å². The predicted octanol–water partition coefficient (Wildman–Crippen LogP) is 4.13.